The van der Waals surface area contributed by atoms with Crippen molar-refractivity contribution in [1.82, 2.24) is 5.32 Å². The molecule has 0 aliphatic heterocycles. The van der Waals surface area contributed by atoms with Gasteiger partial charge in [-0.1, -0.05) is 26.2 Å². The van der Waals surface area contributed by atoms with Gasteiger partial charge in [0.1, 0.15) is 0 Å². The van der Waals surface area contributed by atoms with Gasteiger partial charge in [-0.25, -0.2) is 0 Å². The average Bonchev–Trinajstić information content (AvgIpc) is 2.20. The van der Waals surface area contributed by atoms with Crippen LogP contribution in [0.3, 0.4) is 0 Å². The van der Waals surface area contributed by atoms with E-state index in [1.807, 2.05) is 0 Å². The summed E-state index contributed by atoms with van der Waals surface area (Å²) in [5, 5.41) is 3.58. The second-order valence-corrected chi connectivity index (χ2v) is 4.84. The van der Waals surface area contributed by atoms with Gasteiger partial charge in [0.25, 0.3) is 0 Å². The van der Waals surface area contributed by atoms with Crippen molar-refractivity contribution >= 4 is 0 Å². The first-order valence-electron chi connectivity index (χ1n) is 6.23. The van der Waals surface area contributed by atoms with Crippen LogP contribution in [0.15, 0.2) is 0 Å². The van der Waals surface area contributed by atoms with Crippen LogP contribution >= 0.6 is 0 Å². The van der Waals surface area contributed by atoms with Gasteiger partial charge in [-0.05, 0) is 50.7 Å². The third-order valence-corrected chi connectivity index (χ3v) is 3.31. The lowest BCUT2D eigenvalue weighted by Gasteiger charge is -2.22. The molecule has 1 atom stereocenters. The molecule has 1 rings (SSSR count). The predicted molar refractivity (Wildman–Crippen MR) is 62.3 cm³/mol. The van der Waals surface area contributed by atoms with E-state index in [-0.39, 0.29) is 0 Å². The van der Waals surface area contributed by atoms with E-state index in [0.717, 1.165) is 31.3 Å². The smallest absolute Gasteiger partial charge is 0.00204 e. The van der Waals surface area contributed by atoms with Gasteiger partial charge in [-0.15, -0.1) is 0 Å². The summed E-state index contributed by atoms with van der Waals surface area (Å²) in [5.41, 5.74) is 5.52. The maximum Gasteiger partial charge on any atom is -0.00204 e. The van der Waals surface area contributed by atoms with Crippen LogP contribution in [0.2, 0.25) is 0 Å². The largest absolute Gasteiger partial charge is 0.330 e. The molecule has 0 heterocycles. The fourth-order valence-corrected chi connectivity index (χ4v) is 2.31. The highest BCUT2D eigenvalue weighted by molar-refractivity contribution is 4.68. The van der Waals surface area contributed by atoms with Gasteiger partial charge in [0, 0.05) is 0 Å². The Morgan fingerprint density at radius 3 is 2.64 bits per heavy atom. The van der Waals surface area contributed by atoms with Crippen molar-refractivity contribution in [3.8, 4) is 0 Å². The van der Waals surface area contributed by atoms with Crippen LogP contribution in [-0.4, -0.2) is 19.6 Å². The fraction of sp³-hybridized carbons (Fsp3) is 1.00. The van der Waals surface area contributed by atoms with Gasteiger partial charge in [-0.2, -0.15) is 0 Å². The summed E-state index contributed by atoms with van der Waals surface area (Å²) in [6.07, 6.45) is 8.39. The Morgan fingerprint density at radius 1 is 1.29 bits per heavy atom. The minimum Gasteiger partial charge on any atom is -0.330 e. The van der Waals surface area contributed by atoms with Crippen molar-refractivity contribution in [3.63, 3.8) is 0 Å². The summed E-state index contributed by atoms with van der Waals surface area (Å²) < 4.78 is 0. The van der Waals surface area contributed by atoms with E-state index in [2.05, 4.69) is 12.2 Å². The zero-order valence-electron chi connectivity index (χ0n) is 9.60. The van der Waals surface area contributed by atoms with Gasteiger partial charge in [0.2, 0.25) is 0 Å². The minimum absolute atomic E-state index is 0.739. The fourth-order valence-electron chi connectivity index (χ4n) is 2.31. The Balaban J connectivity index is 1.96. The normalized spacial score (nSPS) is 21.0. The molecule has 1 unspecified atom stereocenters. The highest BCUT2D eigenvalue weighted by Crippen LogP contribution is 2.22. The molecule has 0 amide bonds. The summed E-state index contributed by atoms with van der Waals surface area (Å²) in [5.74, 6) is 1.69. The highest BCUT2D eigenvalue weighted by Gasteiger charge is 2.12. The zero-order valence-corrected chi connectivity index (χ0v) is 9.60. The van der Waals surface area contributed by atoms with Crippen molar-refractivity contribution < 1.29 is 0 Å². The molecule has 0 bridgehead atoms. The Morgan fingerprint density at radius 2 is 2.00 bits per heavy atom. The van der Waals surface area contributed by atoms with Crippen molar-refractivity contribution in [1.29, 1.82) is 0 Å². The molecule has 3 N–H and O–H groups in total. The van der Waals surface area contributed by atoms with Gasteiger partial charge in [0.05, 0.1) is 0 Å². The van der Waals surface area contributed by atoms with E-state index < -0.39 is 0 Å². The molecule has 0 saturated heterocycles. The molecular formula is C12H26N2. The van der Waals surface area contributed by atoms with E-state index in [9.17, 15) is 0 Å². The van der Waals surface area contributed by atoms with Crippen LogP contribution in [0.4, 0.5) is 0 Å². The molecule has 1 fully saturated rings. The first-order chi connectivity index (χ1) is 6.83. The number of hydrogen-bond acceptors (Lipinski definition) is 2. The van der Waals surface area contributed by atoms with Gasteiger partial charge in [0.15, 0.2) is 0 Å². The molecule has 2 nitrogen and oxygen atoms in total. The van der Waals surface area contributed by atoms with Gasteiger partial charge >= 0.3 is 0 Å². The van der Waals surface area contributed by atoms with Crippen molar-refractivity contribution in [2.45, 2.75) is 45.4 Å². The third kappa shape index (κ3) is 4.97. The Bertz CT molecular complexity index is 130. The van der Waals surface area contributed by atoms with Crippen LogP contribution in [-0.2, 0) is 0 Å². The van der Waals surface area contributed by atoms with Crippen LogP contribution < -0.4 is 11.1 Å². The first kappa shape index (κ1) is 12.0. The molecule has 0 aromatic carbocycles. The van der Waals surface area contributed by atoms with E-state index in [0.29, 0.717) is 0 Å². The monoisotopic (exact) mass is 198 g/mol. The van der Waals surface area contributed by atoms with Crippen LogP contribution in [0.5, 0.6) is 0 Å². The lowest BCUT2D eigenvalue weighted by atomic mass is 9.89. The summed E-state index contributed by atoms with van der Waals surface area (Å²) in [4.78, 5) is 0. The lowest BCUT2D eigenvalue weighted by molar-refractivity contribution is 0.333. The molecule has 84 valence electrons. The Kier molecular flexibility index (Phi) is 6.20. The van der Waals surface area contributed by atoms with Gasteiger partial charge < -0.3 is 11.1 Å². The predicted octanol–water partition coefficient (Wildman–Crippen LogP) is 2.14. The van der Waals surface area contributed by atoms with Crippen LogP contribution in [0, 0.1) is 11.8 Å². The van der Waals surface area contributed by atoms with Crippen molar-refractivity contribution in [3.05, 3.63) is 0 Å². The summed E-state index contributed by atoms with van der Waals surface area (Å²) >= 11 is 0. The molecule has 1 saturated carbocycles. The highest BCUT2D eigenvalue weighted by atomic mass is 14.9. The molecule has 0 aromatic heterocycles. The second kappa shape index (κ2) is 7.24. The minimum atomic E-state index is 0.739. The zero-order chi connectivity index (χ0) is 10.2. The molecule has 1 aliphatic carbocycles. The number of nitrogens with two attached hydrogens (primary N) is 1. The number of rotatable bonds is 6. The average molecular weight is 198 g/mol. The molecule has 14 heavy (non-hydrogen) atoms. The van der Waals surface area contributed by atoms with E-state index in [1.54, 1.807) is 0 Å². The van der Waals surface area contributed by atoms with E-state index >= 15 is 0 Å². The first-order valence-corrected chi connectivity index (χ1v) is 6.23. The second-order valence-electron chi connectivity index (χ2n) is 4.84. The molecule has 0 spiro atoms. The van der Waals surface area contributed by atoms with Crippen LogP contribution in [0.1, 0.15) is 45.4 Å². The molecule has 0 radical (unpaired) electrons. The third-order valence-electron chi connectivity index (χ3n) is 3.31. The standard InChI is InChI=1S/C12H26N2/c1-11(7-8-13)9-14-10-12-5-3-2-4-6-12/h11-12,14H,2-10,13H2,1H3. The van der Waals surface area contributed by atoms with Crippen LogP contribution in [0.25, 0.3) is 0 Å². The van der Waals surface area contributed by atoms with Crippen molar-refractivity contribution in [2.75, 3.05) is 19.6 Å². The van der Waals surface area contributed by atoms with E-state index in [1.165, 1.54) is 38.6 Å². The summed E-state index contributed by atoms with van der Waals surface area (Å²) in [6.45, 7) is 5.48. The Hall–Kier alpha value is -0.0800. The summed E-state index contributed by atoms with van der Waals surface area (Å²) in [7, 11) is 0. The topological polar surface area (TPSA) is 38.0 Å². The molecule has 1 aliphatic rings. The quantitative estimate of drug-likeness (QED) is 0.686. The number of nitrogens with one attached hydrogen (secondary N) is 1. The Labute approximate surface area is 88.6 Å². The summed E-state index contributed by atoms with van der Waals surface area (Å²) in [6, 6.07) is 0. The lowest BCUT2D eigenvalue weighted by Crippen LogP contribution is -2.29. The maximum atomic E-state index is 5.52. The van der Waals surface area contributed by atoms with Gasteiger partial charge in [-0.3, -0.25) is 0 Å². The van der Waals surface area contributed by atoms with E-state index in [4.69, 9.17) is 5.73 Å². The SMILES string of the molecule is CC(CCN)CNCC1CCCCC1. The maximum absolute atomic E-state index is 5.52. The molecular weight excluding hydrogens is 172 g/mol. The number of hydrogen-bond donors (Lipinski definition) is 2. The molecule has 0 aromatic rings. The molecule has 2 heteroatoms. The van der Waals surface area contributed by atoms with Crippen molar-refractivity contribution in [2.24, 2.45) is 17.6 Å².